The first-order chi connectivity index (χ1) is 11.3. The Hall–Kier alpha value is -3.07. The molecule has 3 rings (SSSR count). The number of azide groups is 1. The van der Waals surface area contributed by atoms with Crippen molar-refractivity contribution in [3.8, 4) is 0 Å². The zero-order valence-corrected chi connectivity index (χ0v) is 12.4. The summed E-state index contributed by atoms with van der Waals surface area (Å²) in [5.41, 5.74) is 9.82. The molecule has 0 aliphatic rings. The lowest BCUT2D eigenvalue weighted by atomic mass is 9.80. The van der Waals surface area contributed by atoms with Gasteiger partial charge in [-0.15, -0.1) is 0 Å². The first kappa shape index (κ1) is 14.9. The van der Waals surface area contributed by atoms with Gasteiger partial charge in [-0.05, 0) is 16.7 Å². The summed E-state index contributed by atoms with van der Waals surface area (Å²) in [5.74, 6) is 0. The third-order valence-corrected chi connectivity index (χ3v) is 3.83. The van der Waals surface area contributed by atoms with E-state index in [0.717, 1.165) is 0 Å². The number of benzene rings is 3. The van der Waals surface area contributed by atoms with E-state index < -0.39 is 5.60 Å². The zero-order valence-electron chi connectivity index (χ0n) is 12.4. The Labute approximate surface area is 134 Å². The molecule has 0 aliphatic carbocycles. The lowest BCUT2D eigenvalue weighted by Crippen LogP contribution is -2.28. The fraction of sp³-hybridized carbons (Fsp3) is 0.0526. The summed E-state index contributed by atoms with van der Waals surface area (Å²) in [6.45, 7) is 0. The highest BCUT2D eigenvalue weighted by Gasteiger charge is 2.35. The molecule has 0 aliphatic heterocycles. The summed E-state index contributed by atoms with van der Waals surface area (Å²) in [6, 6.07) is 25.8. The minimum atomic E-state index is -1.40. The fourth-order valence-corrected chi connectivity index (χ4v) is 2.75. The number of nitrogens with zero attached hydrogens (tertiary/aromatic N) is 3. The molecule has 0 unspecified atom stereocenters. The van der Waals surface area contributed by atoms with E-state index in [0.29, 0.717) is 22.4 Å². The molecule has 0 radical (unpaired) electrons. The summed E-state index contributed by atoms with van der Waals surface area (Å²) in [5, 5.41) is 15.4. The van der Waals surface area contributed by atoms with Crippen molar-refractivity contribution in [3.05, 3.63) is 112 Å². The summed E-state index contributed by atoms with van der Waals surface area (Å²) >= 11 is 0. The molecule has 0 aromatic heterocycles. The van der Waals surface area contributed by atoms with Gasteiger partial charge in [0.05, 0.1) is 0 Å². The van der Waals surface area contributed by atoms with Gasteiger partial charge in [0.2, 0.25) is 0 Å². The molecule has 4 nitrogen and oxygen atoms in total. The van der Waals surface area contributed by atoms with Crippen LogP contribution in [0.1, 0.15) is 16.7 Å². The summed E-state index contributed by atoms with van der Waals surface area (Å²) < 4.78 is 0. The van der Waals surface area contributed by atoms with Crippen LogP contribution in [0, 0.1) is 0 Å². The standard InChI is InChI=1S/C19H15N3O/c20-22-21-18-14-8-7-13-17(18)19(23,15-9-3-1-4-10-15)16-11-5-2-6-12-16/h1-14,23H. The van der Waals surface area contributed by atoms with Crippen molar-refractivity contribution in [2.75, 3.05) is 0 Å². The first-order valence-electron chi connectivity index (χ1n) is 7.25. The van der Waals surface area contributed by atoms with Crippen LogP contribution in [-0.4, -0.2) is 5.11 Å². The lowest BCUT2D eigenvalue weighted by Gasteiger charge is -2.31. The highest BCUT2D eigenvalue weighted by Crippen LogP contribution is 2.40. The van der Waals surface area contributed by atoms with Crippen molar-refractivity contribution >= 4 is 5.69 Å². The summed E-state index contributed by atoms with van der Waals surface area (Å²) in [6.07, 6.45) is 0. The molecule has 0 saturated carbocycles. The molecule has 0 amide bonds. The van der Waals surface area contributed by atoms with E-state index in [1.165, 1.54) is 0 Å². The van der Waals surface area contributed by atoms with E-state index in [2.05, 4.69) is 10.0 Å². The van der Waals surface area contributed by atoms with Gasteiger partial charge in [-0.1, -0.05) is 90.0 Å². The number of hydrogen-bond donors (Lipinski definition) is 1. The van der Waals surface area contributed by atoms with E-state index in [-0.39, 0.29) is 0 Å². The van der Waals surface area contributed by atoms with Gasteiger partial charge < -0.3 is 5.11 Å². The van der Waals surface area contributed by atoms with E-state index in [4.69, 9.17) is 5.53 Å². The van der Waals surface area contributed by atoms with Gasteiger partial charge in [0.1, 0.15) is 5.60 Å². The van der Waals surface area contributed by atoms with E-state index >= 15 is 0 Å². The van der Waals surface area contributed by atoms with Crippen LogP contribution in [0.5, 0.6) is 0 Å². The van der Waals surface area contributed by atoms with Gasteiger partial charge in [-0.2, -0.15) is 0 Å². The Morgan fingerprint density at radius 3 is 1.74 bits per heavy atom. The molecule has 4 heteroatoms. The average molecular weight is 301 g/mol. The third kappa shape index (κ3) is 2.69. The van der Waals surface area contributed by atoms with Crippen LogP contribution in [0.3, 0.4) is 0 Å². The maximum absolute atomic E-state index is 11.6. The van der Waals surface area contributed by atoms with Gasteiger partial charge in [-0.25, -0.2) is 0 Å². The first-order valence-corrected chi connectivity index (χ1v) is 7.25. The molecule has 0 atom stereocenters. The maximum Gasteiger partial charge on any atom is 0.141 e. The zero-order chi connectivity index (χ0) is 16.1. The van der Waals surface area contributed by atoms with Crippen LogP contribution >= 0.6 is 0 Å². The molecule has 23 heavy (non-hydrogen) atoms. The molecule has 112 valence electrons. The maximum atomic E-state index is 11.6. The molecule has 3 aromatic rings. The number of hydrogen-bond acceptors (Lipinski definition) is 2. The normalized spacial score (nSPS) is 10.8. The molecule has 0 saturated heterocycles. The van der Waals surface area contributed by atoms with Crippen LogP contribution in [0.4, 0.5) is 5.69 Å². The Morgan fingerprint density at radius 2 is 1.22 bits per heavy atom. The average Bonchev–Trinajstić information content (AvgIpc) is 2.63. The second kappa shape index (κ2) is 6.36. The Morgan fingerprint density at radius 1 is 0.739 bits per heavy atom. The molecule has 0 fully saturated rings. The molecule has 1 N–H and O–H groups in total. The minimum Gasteiger partial charge on any atom is -0.376 e. The van der Waals surface area contributed by atoms with Crippen molar-refractivity contribution in [2.45, 2.75) is 5.60 Å². The van der Waals surface area contributed by atoms with Gasteiger partial charge in [-0.3, -0.25) is 0 Å². The quantitative estimate of drug-likeness (QED) is 0.316. The topological polar surface area (TPSA) is 69.0 Å². The van der Waals surface area contributed by atoms with Crippen LogP contribution in [0.2, 0.25) is 0 Å². The fourth-order valence-electron chi connectivity index (χ4n) is 2.75. The SMILES string of the molecule is [N-]=[N+]=Nc1ccccc1C(O)(c1ccccc1)c1ccccc1. The lowest BCUT2D eigenvalue weighted by molar-refractivity contribution is 0.126. The second-order valence-electron chi connectivity index (χ2n) is 5.15. The van der Waals surface area contributed by atoms with Crippen molar-refractivity contribution in [2.24, 2.45) is 5.11 Å². The second-order valence-corrected chi connectivity index (χ2v) is 5.15. The van der Waals surface area contributed by atoms with Gasteiger partial charge in [0.15, 0.2) is 0 Å². The highest BCUT2D eigenvalue weighted by molar-refractivity contribution is 5.57. The van der Waals surface area contributed by atoms with Crippen molar-refractivity contribution in [1.29, 1.82) is 0 Å². The van der Waals surface area contributed by atoms with Crippen molar-refractivity contribution in [3.63, 3.8) is 0 Å². The predicted octanol–water partition coefficient (Wildman–Crippen LogP) is 4.91. The Balaban J connectivity index is 2.32. The Bertz CT molecular complexity index is 801. The van der Waals surface area contributed by atoms with E-state index in [9.17, 15) is 5.11 Å². The van der Waals surface area contributed by atoms with E-state index in [1.54, 1.807) is 18.2 Å². The Kier molecular flexibility index (Phi) is 4.11. The van der Waals surface area contributed by atoms with Crippen molar-refractivity contribution < 1.29 is 5.11 Å². The molecule has 0 bridgehead atoms. The summed E-state index contributed by atoms with van der Waals surface area (Å²) in [7, 11) is 0. The largest absolute Gasteiger partial charge is 0.376 e. The van der Waals surface area contributed by atoms with Crippen LogP contribution in [-0.2, 0) is 5.60 Å². The molecular weight excluding hydrogens is 286 g/mol. The van der Waals surface area contributed by atoms with Crippen LogP contribution in [0.25, 0.3) is 10.4 Å². The smallest absolute Gasteiger partial charge is 0.141 e. The van der Waals surface area contributed by atoms with Crippen LogP contribution in [0.15, 0.2) is 90.0 Å². The van der Waals surface area contributed by atoms with Crippen molar-refractivity contribution in [1.82, 2.24) is 0 Å². The van der Waals surface area contributed by atoms with Gasteiger partial charge in [0.25, 0.3) is 0 Å². The minimum absolute atomic E-state index is 0.408. The summed E-state index contributed by atoms with van der Waals surface area (Å²) in [4.78, 5) is 2.88. The monoisotopic (exact) mass is 301 g/mol. The van der Waals surface area contributed by atoms with Gasteiger partial charge >= 0.3 is 0 Å². The van der Waals surface area contributed by atoms with E-state index in [1.807, 2.05) is 66.7 Å². The molecule has 0 heterocycles. The molecule has 0 spiro atoms. The molecular formula is C19H15N3O. The number of aliphatic hydroxyl groups is 1. The predicted molar refractivity (Wildman–Crippen MR) is 90.2 cm³/mol. The van der Waals surface area contributed by atoms with Gasteiger partial charge in [0, 0.05) is 16.2 Å². The third-order valence-electron chi connectivity index (χ3n) is 3.83. The van der Waals surface area contributed by atoms with Crippen LogP contribution < -0.4 is 0 Å². The number of rotatable bonds is 4. The molecule has 3 aromatic carbocycles. The highest BCUT2D eigenvalue weighted by atomic mass is 16.3.